The highest BCUT2D eigenvalue weighted by atomic mass is 35.5. The second-order valence-corrected chi connectivity index (χ2v) is 37.2. The molecule has 5 heterocycles. The number of alkyl halides is 3. The monoisotopic (exact) mass is 1630 g/mol. The number of piperazine rings is 2. The highest BCUT2D eigenvalue weighted by Crippen LogP contribution is 2.45. The van der Waals surface area contributed by atoms with Gasteiger partial charge in [-0.1, -0.05) is 106 Å². The Balaban J connectivity index is 0.628. The van der Waals surface area contributed by atoms with Gasteiger partial charge in [-0.05, 0) is 152 Å². The zero-order valence-electron chi connectivity index (χ0n) is 63.9. The van der Waals surface area contributed by atoms with E-state index >= 15 is 0 Å². The number of allylic oxidation sites excluding steroid dienone is 1. The number of thioether (sulfide) groups is 1. The summed E-state index contributed by atoms with van der Waals surface area (Å²) >= 11 is 9.40. The van der Waals surface area contributed by atoms with Crippen LogP contribution in [0.25, 0.3) is 16.0 Å². The van der Waals surface area contributed by atoms with Gasteiger partial charge >= 0.3 is 5.51 Å². The van der Waals surface area contributed by atoms with Crippen LogP contribution in [-0.4, -0.2) is 221 Å². The minimum atomic E-state index is -6.11. The lowest BCUT2D eigenvalue weighted by atomic mass is 9.71. The van der Waals surface area contributed by atoms with Crippen LogP contribution in [0.1, 0.15) is 132 Å². The summed E-state index contributed by atoms with van der Waals surface area (Å²) in [4.78, 5) is 85.8. The summed E-state index contributed by atoms with van der Waals surface area (Å²) in [6, 6.07) is 31.3. The molecule has 6 atom stereocenters. The molecule has 5 N–H and O–H groups in total. The van der Waals surface area contributed by atoms with E-state index in [0.29, 0.717) is 108 Å². The zero-order valence-corrected chi connectivity index (χ0v) is 67.9. The Morgan fingerprint density at radius 2 is 1.45 bits per heavy atom. The summed E-state index contributed by atoms with van der Waals surface area (Å²) in [5, 5.41) is 20.5. The number of nitrogens with zero attached hydrogens (tertiary/aromatic N) is 7. The van der Waals surface area contributed by atoms with Gasteiger partial charge in [-0.15, -0.1) is 23.1 Å². The van der Waals surface area contributed by atoms with Gasteiger partial charge in [-0.2, -0.15) is 13.2 Å². The highest BCUT2D eigenvalue weighted by molar-refractivity contribution is 7.99. The Labute approximate surface area is 663 Å². The number of likely N-dealkylation sites (tertiary alicyclic amines) is 1. The molecule has 0 bridgehead atoms. The van der Waals surface area contributed by atoms with Crippen molar-refractivity contribution in [2.45, 2.75) is 156 Å². The number of hydrogen-bond acceptors (Lipinski definition) is 19. The molecule has 5 amide bonds. The van der Waals surface area contributed by atoms with Gasteiger partial charge in [0.25, 0.3) is 25.8 Å². The number of anilines is 2. The topological polar surface area (TPSA) is 264 Å². The van der Waals surface area contributed by atoms with Gasteiger partial charge < -0.3 is 40.5 Å². The fourth-order valence-corrected chi connectivity index (χ4v) is 19.3. The van der Waals surface area contributed by atoms with Crippen LogP contribution in [0, 0.1) is 17.8 Å². The van der Waals surface area contributed by atoms with E-state index in [0.717, 1.165) is 109 Å². The van der Waals surface area contributed by atoms with Crippen LogP contribution in [-0.2, 0) is 43.8 Å². The van der Waals surface area contributed by atoms with Crippen molar-refractivity contribution in [3.8, 4) is 10.4 Å². The van der Waals surface area contributed by atoms with Crippen LogP contribution in [0.5, 0.6) is 0 Å². The zero-order chi connectivity index (χ0) is 79.4. The number of carbonyl (C=O) groups excluding carboxylic acids is 5. The third kappa shape index (κ3) is 22.3. The number of aryl methyl sites for hydroxylation is 1. The van der Waals surface area contributed by atoms with Gasteiger partial charge in [0.15, 0.2) is 0 Å². The summed E-state index contributed by atoms with van der Waals surface area (Å²) in [6.07, 6.45) is 4.64. The number of halogens is 4. The Hall–Kier alpha value is -7.45. The van der Waals surface area contributed by atoms with E-state index in [9.17, 15) is 59.1 Å². The molecule has 111 heavy (non-hydrogen) atoms. The number of aliphatic hydroxyl groups is 1. The Bertz CT molecular complexity index is 4480. The van der Waals surface area contributed by atoms with E-state index in [4.69, 9.17) is 16.3 Å². The number of carbonyl (C=O) groups is 5. The average molecular weight is 1630 g/mol. The maximum Gasteiger partial charge on any atom is 0.501 e. The van der Waals surface area contributed by atoms with Gasteiger partial charge in [-0.25, -0.2) is 26.5 Å². The van der Waals surface area contributed by atoms with E-state index in [1.165, 1.54) is 39.9 Å². The van der Waals surface area contributed by atoms with Crippen LogP contribution in [0.4, 0.5) is 24.5 Å². The summed E-state index contributed by atoms with van der Waals surface area (Å²) in [6.45, 7) is 21.8. The number of amides is 5. The second-order valence-electron chi connectivity index (χ2n) is 31.2. The number of hydrogen-bond donors (Lipinski definition) is 5. The van der Waals surface area contributed by atoms with Crippen molar-refractivity contribution >= 4 is 101 Å². The molecule has 5 aromatic carbocycles. The number of aliphatic hydroxyl groups excluding tert-OH is 1. The van der Waals surface area contributed by atoms with Crippen LogP contribution in [0.15, 0.2) is 147 Å². The van der Waals surface area contributed by atoms with Crippen LogP contribution in [0.2, 0.25) is 5.02 Å². The number of thiazole rings is 1. The lowest BCUT2D eigenvalue weighted by molar-refractivity contribution is -0.144. The van der Waals surface area contributed by atoms with Crippen molar-refractivity contribution in [2.24, 2.45) is 10.8 Å². The standard InChI is InChI=1S/C81H103ClF3N11O11S4/c1-55(57-17-19-59(20-18-57)74-56(2)86-54-109-74)87-77(101)70-47-65(97)51-96(70)78(102)75(79(3,4)5)89-72(98)15-11-8-12-16-73(99)95-41-37-93(38-42-95)53-80(6)33-31-68(58-21-25-62(82)26-22-58)61(49-80)50-92-35-39-94(40-36-92)64-27-23-60(24-28-64)76(100)90-111(105,106)67-29-30-69(71(48-67)110(103,104)81(83,84)85)88-63(32-34-91-43-45-107-46-44-91)52-108-66-13-9-7-10-14-66/h7,9-10,13-14,17-30,48,54-55,63,65,70,75,88,97H,8,11-12,15-16,31-47,49-53H2,1-6H3,(H,87,101)(H,89,98)(H,90,100). The molecule has 6 aromatic rings. The molecule has 4 aliphatic heterocycles. The number of rotatable bonds is 30. The molecule has 6 unspecified atom stereocenters. The first-order valence-corrected chi connectivity index (χ1v) is 43.4. The predicted molar refractivity (Wildman–Crippen MR) is 429 cm³/mol. The SMILES string of the molecule is Cc1ncsc1-c1ccc(C(C)NC(=O)C2CC(O)CN2C(=O)C(NC(=O)CCCCCC(=O)N2CCN(CC3(C)CCC(c4ccc(Cl)cc4)=C(CN4CCN(c5ccc(C(=O)NS(=O)(=O)c6ccc(NC(CCN7CCOCC7)CSc7ccccc7)c(S(=O)(=O)C(F)(F)F)c6)cc5)CC4)C3)CC2)C(C)(C)C)cc1. The third-order valence-electron chi connectivity index (χ3n) is 21.7. The molecule has 30 heteroatoms. The predicted octanol–water partition coefficient (Wildman–Crippen LogP) is 11.7. The number of morpholine rings is 1. The highest BCUT2D eigenvalue weighted by Gasteiger charge is 2.49. The lowest BCUT2D eigenvalue weighted by Crippen LogP contribution is -2.57. The second kappa shape index (κ2) is 37.2. The first kappa shape index (κ1) is 84.5. The fraction of sp³-hybridized carbons (Fsp3) is 0.506. The number of benzene rings is 5. The molecule has 1 aromatic heterocycles. The number of aromatic nitrogens is 1. The molecule has 22 nitrogen and oxygen atoms in total. The molecule has 5 aliphatic rings. The van der Waals surface area contributed by atoms with Crippen molar-refractivity contribution in [3.05, 3.63) is 160 Å². The Kier molecular flexibility index (Phi) is 28.3. The summed E-state index contributed by atoms with van der Waals surface area (Å²) < 4.78 is 105. The molecule has 4 fully saturated rings. The average Bonchev–Trinajstić information content (AvgIpc) is 1.45. The molecular weight excluding hydrogens is 1520 g/mol. The molecule has 600 valence electrons. The normalized spacial score (nSPS) is 20.2. The molecule has 0 spiro atoms. The molecule has 4 saturated heterocycles. The minimum absolute atomic E-state index is 0.0296. The maximum atomic E-state index is 14.4. The number of sulfonamides is 1. The van der Waals surface area contributed by atoms with Crippen molar-refractivity contribution < 1.29 is 63.8 Å². The van der Waals surface area contributed by atoms with E-state index in [2.05, 4.69) is 59.6 Å². The Morgan fingerprint density at radius 3 is 2.11 bits per heavy atom. The molecule has 0 radical (unpaired) electrons. The van der Waals surface area contributed by atoms with Crippen molar-refractivity contribution in [1.29, 1.82) is 0 Å². The first-order chi connectivity index (χ1) is 52.8. The van der Waals surface area contributed by atoms with Gasteiger partial charge in [0.05, 0.1) is 52.0 Å². The number of β-amino-alcohol motifs (C(OH)–C–C–N with tert-alkyl or cyclic N) is 1. The summed E-state index contributed by atoms with van der Waals surface area (Å²) in [7, 11) is -11.0. The van der Waals surface area contributed by atoms with Crippen LogP contribution < -0.4 is 25.6 Å². The number of unbranched alkanes of at least 4 members (excludes halogenated alkanes) is 2. The van der Waals surface area contributed by atoms with Gasteiger partial charge in [0.2, 0.25) is 23.6 Å². The molecular formula is C81H103ClF3N11O11S4. The van der Waals surface area contributed by atoms with E-state index in [-0.39, 0.29) is 54.1 Å². The van der Waals surface area contributed by atoms with Crippen LogP contribution in [0.3, 0.4) is 0 Å². The van der Waals surface area contributed by atoms with Gasteiger partial charge in [0, 0.05) is 144 Å². The van der Waals surface area contributed by atoms with E-state index in [1.807, 2.05) is 116 Å². The van der Waals surface area contributed by atoms with Crippen molar-refractivity contribution in [3.63, 3.8) is 0 Å². The van der Waals surface area contributed by atoms with Crippen molar-refractivity contribution in [1.82, 2.24) is 44.8 Å². The lowest BCUT2D eigenvalue weighted by Gasteiger charge is -2.44. The van der Waals surface area contributed by atoms with Crippen molar-refractivity contribution in [2.75, 3.05) is 121 Å². The smallest absolute Gasteiger partial charge is 0.391 e. The van der Waals surface area contributed by atoms with E-state index < -0.39 is 82.3 Å². The molecule has 1 aliphatic carbocycles. The Morgan fingerprint density at radius 1 is 0.784 bits per heavy atom. The largest absolute Gasteiger partial charge is 0.501 e. The number of sulfone groups is 1. The van der Waals surface area contributed by atoms with E-state index in [1.54, 1.807) is 23.5 Å². The number of nitrogens with one attached hydrogen (secondary N) is 4. The fourth-order valence-electron chi connectivity index (χ4n) is 15.4. The molecule has 0 saturated carbocycles. The summed E-state index contributed by atoms with van der Waals surface area (Å²) in [5.41, 5.74) is 2.31. The quantitative estimate of drug-likeness (QED) is 0.0207. The maximum absolute atomic E-state index is 14.4. The van der Waals surface area contributed by atoms with Gasteiger partial charge in [-0.3, -0.25) is 38.7 Å². The summed E-state index contributed by atoms with van der Waals surface area (Å²) in [5.74, 6) is -1.73. The first-order valence-electron chi connectivity index (χ1n) is 38.2. The molecule has 11 rings (SSSR count). The van der Waals surface area contributed by atoms with Crippen LogP contribution >= 0.6 is 34.7 Å². The minimum Gasteiger partial charge on any atom is -0.391 e. The third-order valence-corrected chi connectivity index (χ3v) is 27.0. The number of ether oxygens (including phenoxy) is 1. The van der Waals surface area contributed by atoms with Gasteiger partial charge in [0.1, 0.15) is 17.0 Å².